The van der Waals surface area contributed by atoms with E-state index in [4.69, 9.17) is 4.74 Å². The summed E-state index contributed by atoms with van der Waals surface area (Å²) in [6.45, 7) is 5.04. The average Bonchev–Trinajstić information content (AvgIpc) is 2.96. The zero-order valence-corrected chi connectivity index (χ0v) is 16.1. The molecule has 0 bridgehead atoms. The Labute approximate surface area is 158 Å². The van der Waals surface area contributed by atoms with E-state index in [1.165, 1.54) is 0 Å². The molecule has 0 aliphatic carbocycles. The smallest absolute Gasteiger partial charge is 0.212 e. The van der Waals surface area contributed by atoms with Crippen LogP contribution in [0.4, 0.5) is 8.78 Å². The van der Waals surface area contributed by atoms with E-state index in [1.807, 2.05) is 20.9 Å². The number of aryl methyl sites for hydroxylation is 1. The predicted molar refractivity (Wildman–Crippen MR) is 98.4 cm³/mol. The second-order valence-electron chi connectivity index (χ2n) is 6.82. The number of halogens is 3. The molecule has 146 valence electrons. The van der Waals surface area contributed by atoms with Crippen LogP contribution in [-0.2, 0) is 19.7 Å². The first kappa shape index (κ1) is 22.3. The van der Waals surface area contributed by atoms with Crippen LogP contribution < -0.4 is 10.1 Å². The van der Waals surface area contributed by atoms with Crippen molar-refractivity contribution in [2.75, 3.05) is 13.7 Å². The molecule has 1 heterocycles. The monoisotopic (exact) mass is 389 g/mol. The Morgan fingerprint density at radius 2 is 2.00 bits per heavy atom. The Morgan fingerprint density at radius 3 is 2.65 bits per heavy atom. The molecule has 26 heavy (non-hydrogen) atoms. The molecule has 0 saturated carbocycles. The first-order valence-electron chi connectivity index (χ1n) is 8.23. The second-order valence-corrected chi connectivity index (χ2v) is 6.82. The van der Waals surface area contributed by atoms with Crippen molar-refractivity contribution in [2.45, 2.75) is 40.0 Å². The lowest BCUT2D eigenvalue weighted by molar-refractivity contribution is 0.141. The minimum Gasteiger partial charge on any atom is -0.473 e. The van der Waals surface area contributed by atoms with Crippen molar-refractivity contribution in [2.24, 2.45) is 5.41 Å². The van der Waals surface area contributed by atoms with Crippen molar-refractivity contribution in [3.05, 3.63) is 47.2 Å². The van der Waals surface area contributed by atoms with Gasteiger partial charge in [0.15, 0.2) is 0 Å². The molecule has 8 heteroatoms. The number of benzene rings is 1. The van der Waals surface area contributed by atoms with Crippen LogP contribution in [0.3, 0.4) is 0 Å². The van der Waals surface area contributed by atoms with E-state index in [0.29, 0.717) is 25.4 Å². The summed E-state index contributed by atoms with van der Waals surface area (Å²) in [6.07, 6.45) is 0.703. The van der Waals surface area contributed by atoms with Gasteiger partial charge >= 0.3 is 0 Å². The van der Waals surface area contributed by atoms with Crippen LogP contribution in [-0.4, -0.2) is 28.5 Å². The molecule has 0 amide bonds. The van der Waals surface area contributed by atoms with E-state index in [2.05, 4.69) is 10.4 Å². The Balaban J connectivity index is 0.00000338. The molecule has 2 N–H and O–H groups in total. The highest BCUT2D eigenvalue weighted by atomic mass is 35.5. The Hall–Kier alpha value is -1.70. The Morgan fingerprint density at radius 1 is 1.27 bits per heavy atom. The number of aromatic nitrogens is 2. The molecule has 0 atom stereocenters. The standard InChI is InChI=1S/C18H25F2N3O2.ClH/c1-18(2,12-24)6-7-23-17(9-15(22-23)10-21-3)25-11-13-8-14(19)4-5-16(13)20;/h4-5,8-9,21,24H,6-7,10-12H2,1-3H3;1H. The normalized spacial score (nSPS) is 11.3. The molecule has 0 aliphatic heterocycles. The van der Waals surface area contributed by atoms with Gasteiger partial charge in [0.1, 0.15) is 18.2 Å². The molecule has 2 rings (SSSR count). The number of hydrogen-bond acceptors (Lipinski definition) is 4. The second kappa shape index (κ2) is 9.85. The summed E-state index contributed by atoms with van der Waals surface area (Å²) in [5.74, 6) is -0.527. The number of nitrogens with one attached hydrogen (secondary N) is 1. The molecule has 0 fully saturated rings. The van der Waals surface area contributed by atoms with Crippen LogP contribution in [0.25, 0.3) is 0 Å². The Bertz CT molecular complexity index is 708. The fraction of sp³-hybridized carbons (Fsp3) is 0.500. The maximum Gasteiger partial charge on any atom is 0.212 e. The fourth-order valence-corrected chi connectivity index (χ4v) is 2.29. The van der Waals surface area contributed by atoms with Crippen LogP contribution in [0.15, 0.2) is 24.3 Å². The molecule has 0 spiro atoms. The average molecular weight is 390 g/mol. The van der Waals surface area contributed by atoms with Gasteiger partial charge in [0, 0.05) is 31.3 Å². The van der Waals surface area contributed by atoms with E-state index >= 15 is 0 Å². The van der Waals surface area contributed by atoms with Gasteiger partial charge in [-0.1, -0.05) is 13.8 Å². The molecule has 0 aliphatic rings. The van der Waals surface area contributed by atoms with Crippen LogP contribution in [0.5, 0.6) is 5.88 Å². The summed E-state index contributed by atoms with van der Waals surface area (Å²) in [6, 6.07) is 5.06. The number of hydrogen-bond donors (Lipinski definition) is 2. The van der Waals surface area contributed by atoms with Gasteiger partial charge in [-0.3, -0.25) is 0 Å². The van der Waals surface area contributed by atoms with Crippen LogP contribution in [0.2, 0.25) is 0 Å². The van der Waals surface area contributed by atoms with Gasteiger partial charge in [-0.2, -0.15) is 5.10 Å². The number of rotatable bonds is 9. The summed E-state index contributed by atoms with van der Waals surface area (Å²) in [7, 11) is 1.82. The lowest BCUT2D eigenvalue weighted by Gasteiger charge is -2.21. The summed E-state index contributed by atoms with van der Waals surface area (Å²) < 4.78 is 34.4. The van der Waals surface area contributed by atoms with Crippen LogP contribution >= 0.6 is 12.4 Å². The number of aliphatic hydroxyl groups excluding tert-OH is 1. The highest BCUT2D eigenvalue weighted by Gasteiger charge is 2.18. The maximum absolute atomic E-state index is 13.7. The fourth-order valence-electron chi connectivity index (χ4n) is 2.29. The third kappa shape index (κ3) is 6.23. The Kier molecular flexibility index (Phi) is 8.46. The van der Waals surface area contributed by atoms with Crippen molar-refractivity contribution >= 4 is 12.4 Å². The highest BCUT2D eigenvalue weighted by molar-refractivity contribution is 5.85. The third-order valence-electron chi connectivity index (χ3n) is 3.96. The van der Waals surface area contributed by atoms with E-state index < -0.39 is 11.6 Å². The minimum absolute atomic E-state index is 0. The van der Waals surface area contributed by atoms with Gasteiger partial charge in [0.05, 0.1) is 5.69 Å². The van der Waals surface area contributed by atoms with Gasteiger partial charge < -0.3 is 15.2 Å². The van der Waals surface area contributed by atoms with E-state index in [1.54, 1.807) is 10.7 Å². The van der Waals surface area contributed by atoms with Crippen molar-refractivity contribution in [3.63, 3.8) is 0 Å². The number of aliphatic hydroxyl groups is 1. The molecule has 1 aromatic carbocycles. The molecular formula is C18H26ClF2N3O2. The first-order chi connectivity index (χ1) is 11.8. The maximum atomic E-state index is 13.7. The van der Waals surface area contributed by atoms with Crippen molar-refractivity contribution in [1.82, 2.24) is 15.1 Å². The lowest BCUT2D eigenvalue weighted by Crippen LogP contribution is -2.20. The first-order valence-corrected chi connectivity index (χ1v) is 8.23. The summed E-state index contributed by atoms with van der Waals surface area (Å²) in [5, 5.41) is 16.9. The van der Waals surface area contributed by atoms with Gasteiger partial charge in [0.2, 0.25) is 5.88 Å². The lowest BCUT2D eigenvalue weighted by atomic mass is 9.91. The minimum atomic E-state index is -0.510. The van der Waals surface area contributed by atoms with Gasteiger partial charge in [0.25, 0.3) is 0 Å². The number of ether oxygens (including phenoxy) is 1. The molecule has 1 aromatic heterocycles. The zero-order valence-electron chi connectivity index (χ0n) is 15.3. The largest absolute Gasteiger partial charge is 0.473 e. The third-order valence-corrected chi connectivity index (χ3v) is 3.96. The summed E-state index contributed by atoms with van der Waals surface area (Å²) in [5.41, 5.74) is 0.707. The SMILES string of the molecule is CNCc1cc(OCc2cc(F)ccc2F)n(CCC(C)(C)CO)n1.Cl. The topological polar surface area (TPSA) is 59.3 Å². The van der Waals surface area contributed by atoms with Gasteiger partial charge in [-0.25, -0.2) is 13.5 Å². The zero-order chi connectivity index (χ0) is 18.4. The van der Waals surface area contributed by atoms with E-state index in [0.717, 1.165) is 23.9 Å². The summed E-state index contributed by atoms with van der Waals surface area (Å²) in [4.78, 5) is 0. The van der Waals surface area contributed by atoms with Crippen molar-refractivity contribution in [3.8, 4) is 5.88 Å². The van der Waals surface area contributed by atoms with Crippen LogP contribution in [0.1, 0.15) is 31.5 Å². The van der Waals surface area contributed by atoms with E-state index in [9.17, 15) is 13.9 Å². The van der Waals surface area contributed by atoms with Crippen molar-refractivity contribution in [1.29, 1.82) is 0 Å². The molecule has 5 nitrogen and oxygen atoms in total. The molecule has 0 unspecified atom stereocenters. The van der Waals surface area contributed by atoms with E-state index in [-0.39, 0.29) is 36.6 Å². The molecule has 0 saturated heterocycles. The highest BCUT2D eigenvalue weighted by Crippen LogP contribution is 2.23. The predicted octanol–water partition coefficient (Wildman–Crippen LogP) is 3.29. The molecule has 0 radical (unpaired) electrons. The van der Waals surface area contributed by atoms with Crippen LogP contribution in [0, 0.1) is 17.0 Å². The number of nitrogens with zero attached hydrogens (tertiary/aromatic N) is 2. The quantitative estimate of drug-likeness (QED) is 0.691. The van der Waals surface area contributed by atoms with Gasteiger partial charge in [-0.15, -0.1) is 12.4 Å². The van der Waals surface area contributed by atoms with Gasteiger partial charge in [-0.05, 0) is 37.1 Å². The van der Waals surface area contributed by atoms with Crippen molar-refractivity contribution < 1.29 is 18.6 Å². The molecular weight excluding hydrogens is 364 g/mol. The summed E-state index contributed by atoms with van der Waals surface area (Å²) >= 11 is 0. The molecule has 2 aromatic rings.